The Kier molecular flexibility index (Phi) is 4.72. The summed E-state index contributed by atoms with van der Waals surface area (Å²) in [6.07, 6.45) is 2.15. The molecule has 0 saturated carbocycles. The largest absolute Gasteiger partial charge is 0.352 e. The number of amides is 1. The molecule has 0 spiro atoms. The van der Waals surface area contributed by atoms with E-state index in [9.17, 15) is 9.18 Å². The predicted molar refractivity (Wildman–Crippen MR) is 72.0 cm³/mol. The van der Waals surface area contributed by atoms with Gasteiger partial charge in [-0.2, -0.15) is 0 Å². The molecule has 0 radical (unpaired) electrons. The molecule has 1 aliphatic heterocycles. The highest BCUT2D eigenvalue weighted by atomic mass is 79.9. The SMILES string of the molecule is O=C(NCC1CCNCC1)c1cccc(F)c1Br. The normalized spacial score (nSPS) is 16.6. The van der Waals surface area contributed by atoms with E-state index in [1.165, 1.54) is 6.07 Å². The number of benzene rings is 1. The molecular weight excluding hydrogens is 299 g/mol. The summed E-state index contributed by atoms with van der Waals surface area (Å²) in [5, 5.41) is 6.15. The van der Waals surface area contributed by atoms with Crippen molar-refractivity contribution in [2.75, 3.05) is 19.6 Å². The van der Waals surface area contributed by atoms with E-state index in [1.807, 2.05) is 0 Å². The van der Waals surface area contributed by atoms with Crippen molar-refractivity contribution in [3.05, 3.63) is 34.1 Å². The maximum Gasteiger partial charge on any atom is 0.252 e. The molecule has 98 valence electrons. The molecule has 1 aliphatic rings. The van der Waals surface area contributed by atoms with Gasteiger partial charge in [-0.05, 0) is 59.9 Å². The molecule has 1 fully saturated rings. The Bertz CT molecular complexity index is 433. The molecule has 0 bridgehead atoms. The lowest BCUT2D eigenvalue weighted by Crippen LogP contribution is -2.36. The fourth-order valence-corrected chi connectivity index (χ4v) is 2.54. The number of nitrogens with one attached hydrogen (secondary N) is 2. The molecule has 2 rings (SSSR count). The van der Waals surface area contributed by atoms with Crippen LogP contribution in [0, 0.1) is 11.7 Å². The van der Waals surface area contributed by atoms with Crippen molar-refractivity contribution in [3.63, 3.8) is 0 Å². The molecular formula is C13H16BrFN2O. The number of hydrogen-bond acceptors (Lipinski definition) is 2. The fourth-order valence-electron chi connectivity index (χ4n) is 2.10. The summed E-state index contributed by atoms with van der Waals surface area (Å²) in [7, 11) is 0. The van der Waals surface area contributed by atoms with Gasteiger partial charge in [-0.3, -0.25) is 4.79 Å². The average Bonchev–Trinajstić information content (AvgIpc) is 2.40. The van der Waals surface area contributed by atoms with Gasteiger partial charge < -0.3 is 10.6 Å². The van der Waals surface area contributed by atoms with Gasteiger partial charge in [-0.1, -0.05) is 6.07 Å². The molecule has 1 aromatic carbocycles. The van der Waals surface area contributed by atoms with Crippen LogP contribution in [0.25, 0.3) is 0 Å². The standard InChI is InChI=1S/C13H16BrFN2O/c14-12-10(2-1-3-11(12)15)13(18)17-8-9-4-6-16-7-5-9/h1-3,9,16H,4-8H2,(H,17,18). The quantitative estimate of drug-likeness (QED) is 0.899. The third kappa shape index (κ3) is 3.29. The van der Waals surface area contributed by atoms with Gasteiger partial charge in [0, 0.05) is 6.54 Å². The van der Waals surface area contributed by atoms with E-state index in [0.717, 1.165) is 25.9 Å². The van der Waals surface area contributed by atoms with Crippen molar-refractivity contribution in [1.29, 1.82) is 0 Å². The number of halogens is 2. The van der Waals surface area contributed by atoms with Crippen LogP contribution in [0.1, 0.15) is 23.2 Å². The number of carbonyl (C=O) groups is 1. The summed E-state index contributed by atoms with van der Waals surface area (Å²) >= 11 is 3.10. The van der Waals surface area contributed by atoms with Crippen LogP contribution in [0.2, 0.25) is 0 Å². The van der Waals surface area contributed by atoms with Gasteiger partial charge in [0.1, 0.15) is 5.82 Å². The summed E-state index contributed by atoms with van der Waals surface area (Å²) in [4.78, 5) is 11.9. The Balaban J connectivity index is 1.93. The molecule has 1 amide bonds. The van der Waals surface area contributed by atoms with Crippen LogP contribution in [0.4, 0.5) is 4.39 Å². The molecule has 0 aromatic heterocycles. The molecule has 18 heavy (non-hydrogen) atoms. The van der Waals surface area contributed by atoms with Crippen molar-refractivity contribution < 1.29 is 9.18 Å². The van der Waals surface area contributed by atoms with Gasteiger partial charge in [0.25, 0.3) is 5.91 Å². The molecule has 5 heteroatoms. The van der Waals surface area contributed by atoms with Gasteiger partial charge in [-0.25, -0.2) is 4.39 Å². The molecule has 2 N–H and O–H groups in total. The Hall–Kier alpha value is -0.940. The van der Waals surface area contributed by atoms with Crippen LogP contribution >= 0.6 is 15.9 Å². The minimum absolute atomic E-state index is 0.222. The molecule has 1 saturated heterocycles. The lowest BCUT2D eigenvalue weighted by Gasteiger charge is -2.22. The lowest BCUT2D eigenvalue weighted by atomic mass is 9.98. The highest BCUT2D eigenvalue weighted by molar-refractivity contribution is 9.10. The Morgan fingerprint density at radius 3 is 2.89 bits per heavy atom. The van der Waals surface area contributed by atoms with Crippen molar-refractivity contribution >= 4 is 21.8 Å². The van der Waals surface area contributed by atoms with Crippen LogP contribution in [-0.4, -0.2) is 25.5 Å². The third-order valence-corrected chi connectivity index (χ3v) is 4.01. The van der Waals surface area contributed by atoms with Crippen LogP contribution in [0.15, 0.2) is 22.7 Å². The highest BCUT2D eigenvalue weighted by Crippen LogP contribution is 2.20. The minimum Gasteiger partial charge on any atom is -0.352 e. The zero-order valence-electron chi connectivity index (χ0n) is 10.0. The molecule has 1 aromatic rings. The van der Waals surface area contributed by atoms with Gasteiger partial charge in [0.05, 0.1) is 10.0 Å². The number of piperidine rings is 1. The van der Waals surface area contributed by atoms with Crippen molar-refractivity contribution in [3.8, 4) is 0 Å². The molecule has 0 aliphatic carbocycles. The Labute approximate surface area is 114 Å². The Morgan fingerprint density at radius 1 is 1.44 bits per heavy atom. The predicted octanol–water partition coefficient (Wildman–Crippen LogP) is 2.32. The number of carbonyl (C=O) groups excluding carboxylic acids is 1. The first kappa shape index (κ1) is 13.5. The molecule has 0 atom stereocenters. The van der Waals surface area contributed by atoms with Gasteiger partial charge >= 0.3 is 0 Å². The topological polar surface area (TPSA) is 41.1 Å². The summed E-state index contributed by atoms with van der Waals surface area (Å²) < 4.78 is 13.5. The lowest BCUT2D eigenvalue weighted by molar-refractivity contribution is 0.0943. The first-order valence-corrected chi connectivity index (χ1v) is 6.90. The van der Waals surface area contributed by atoms with E-state index < -0.39 is 5.82 Å². The van der Waals surface area contributed by atoms with Gasteiger partial charge in [0.2, 0.25) is 0 Å². The van der Waals surface area contributed by atoms with Crippen LogP contribution in [0.5, 0.6) is 0 Å². The summed E-state index contributed by atoms with van der Waals surface area (Å²) in [5.41, 5.74) is 0.351. The van der Waals surface area contributed by atoms with Crippen molar-refractivity contribution in [2.24, 2.45) is 5.92 Å². The second-order valence-electron chi connectivity index (χ2n) is 4.50. The number of rotatable bonds is 3. The molecule has 0 unspecified atom stereocenters. The summed E-state index contributed by atoms with van der Waals surface area (Å²) in [6.45, 7) is 2.66. The molecule has 1 heterocycles. The second-order valence-corrected chi connectivity index (χ2v) is 5.30. The minimum atomic E-state index is -0.412. The first-order chi connectivity index (χ1) is 8.68. The highest BCUT2D eigenvalue weighted by Gasteiger charge is 2.16. The van der Waals surface area contributed by atoms with Crippen LogP contribution in [0.3, 0.4) is 0 Å². The van der Waals surface area contributed by atoms with E-state index in [0.29, 0.717) is 18.0 Å². The fraction of sp³-hybridized carbons (Fsp3) is 0.462. The zero-order valence-corrected chi connectivity index (χ0v) is 11.6. The van der Waals surface area contributed by atoms with E-state index >= 15 is 0 Å². The smallest absolute Gasteiger partial charge is 0.252 e. The first-order valence-electron chi connectivity index (χ1n) is 6.11. The molecule has 3 nitrogen and oxygen atoms in total. The van der Waals surface area contributed by atoms with Crippen LogP contribution in [-0.2, 0) is 0 Å². The van der Waals surface area contributed by atoms with Gasteiger partial charge in [-0.15, -0.1) is 0 Å². The second kappa shape index (κ2) is 6.29. The van der Waals surface area contributed by atoms with Gasteiger partial charge in [0.15, 0.2) is 0 Å². The maximum absolute atomic E-state index is 13.3. The third-order valence-electron chi connectivity index (χ3n) is 3.21. The monoisotopic (exact) mass is 314 g/mol. The maximum atomic E-state index is 13.3. The summed E-state index contributed by atoms with van der Waals surface area (Å²) in [5.74, 6) is -0.119. The Morgan fingerprint density at radius 2 is 2.17 bits per heavy atom. The van der Waals surface area contributed by atoms with Crippen molar-refractivity contribution in [1.82, 2.24) is 10.6 Å². The van der Waals surface area contributed by atoms with Crippen molar-refractivity contribution in [2.45, 2.75) is 12.8 Å². The van der Waals surface area contributed by atoms with E-state index in [2.05, 4.69) is 26.6 Å². The summed E-state index contributed by atoms with van der Waals surface area (Å²) in [6, 6.07) is 4.48. The van der Waals surface area contributed by atoms with E-state index in [4.69, 9.17) is 0 Å². The number of hydrogen-bond donors (Lipinski definition) is 2. The van der Waals surface area contributed by atoms with E-state index in [-0.39, 0.29) is 10.4 Å². The average molecular weight is 315 g/mol. The van der Waals surface area contributed by atoms with Crippen LogP contribution < -0.4 is 10.6 Å². The van der Waals surface area contributed by atoms with E-state index in [1.54, 1.807) is 12.1 Å². The zero-order chi connectivity index (χ0) is 13.0.